The van der Waals surface area contributed by atoms with Crippen LogP contribution in [-0.4, -0.2) is 64.7 Å². The smallest absolute Gasteiger partial charge is 0.337 e. The van der Waals surface area contributed by atoms with Gasteiger partial charge in [0.2, 0.25) is 0 Å². The average molecular weight is 611 g/mol. The van der Waals surface area contributed by atoms with Gasteiger partial charge in [0.25, 0.3) is 5.91 Å². The molecule has 9 nitrogen and oxygen atoms in total. The standard InChI is InChI=1S/C30H25Cl2FN4O5/c1-35-14-19(13-34-35)18-11-23(31)25(24(32)12-18)29(38)37-15-17-3-2-4-21(28(17)42-16-37)20-5-6-22(30(39)40)27(26(20)33)36-7-9-41-10-8-36/h2-6,11-14H,7-10,15-16H2,1H3,(H,39,40). The number of benzene rings is 3. The Bertz CT molecular complexity index is 1700. The topological polar surface area (TPSA) is 97.1 Å². The first-order valence-corrected chi connectivity index (χ1v) is 13.9. The Hall–Kier alpha value is -4.12. The van der Waals surface area contributed by atoms with Gasteiger partial charge in [-0.3, -0.25) is 9.48 Å². The van der Waals surface area contributed by atoms with E-state index < -0.39 is 17.7 Å². The Morgan fingerprint density at radius 1 is 1.02 bits per heavy atom. The van der Waals surface area contributed by atoms with Crippen molar-refractivity contribution in [3.05, 3.63) is 87.4 Å². The maximum Gasteiger partial charge on any atom is 0.337 e. The van der Waals surface area contributed by atoms with Crippen LogP contribution in [0.5, 0.6) is 5.75 Å². The van der Waals surface area contributed by atoms with Crippen LogP contribution in [0.2, 0.25) is 10.0 Å². The third kappa shape index (κ3) is 5.06. The minimum Gasteiger partial charge on any atom is -0.478 e. The lowest BCUT2D eigenvalue weighted by atomic mass is 9.96. The SMILES string of the molecule is Cn1cc(-c2cc(Cl)c(C(=O)N3COc4c(cccc4-c4ccc(C(=O)O)c(N5CCOCC5)c4F)C3)c(Cl)c2)cn1. The van der Waals surface area contributed by atoms with E-state index >= 15 is 4.39 Å². The summed E-state index contributed by atoms with van der Waals surface area (Å²) in [7, 11) is 1.80. The number of aryl methyl sites for hydroxylation is 1. The van der Waals surface area contributed by atoms with Gasteiger partial charge in [0.15, 0.2) is 12.5 Å². The minimum atomic E-state index is -1.21. The van der Waals surface area contributed by atoms with Gasteiger partial charge < -0.3 is 24.4 Å². The average Bonchev–Trinajstić information content (AvgIpc) is 3.42. The second-order valence-electron chi connectivity index (χ2n) is 10.0. The van der Waals surface area contributed by atoms with Gasteiger partial charge in [-0.2, -0.15) is 5.10 Å². The Balaban J connectivity index is 1.31. The third-order valence-corrected chi connectivity index (χ3v) is 7.96. The van der Waals surface area contributed by atoms with Gasteiger partial charge in [0.1, 0.15) is 5.75 Å². The summed E-state index contributed by atoms with van der Waals surface area (Å²) in [5, 5.41) is 14.3. The molecule has 1 N–H and O–H groups in total. The number of amides is 1. The summed E-state index contributed by atoms with van der Waals surface area (Å²) in [4.78, 5) is 28.7. The predicted molar refractivity (Wildman–Crippen MR) is 156 cm³/mol. The normalized spacial score (nSPS) is 14.9. The molecular formula is C30H25Cl2FN4O5. The molecule has 3 heterocycles. The molecule has 0 aliphatic carbocycles. The number of hydrogen-bond donors (Lipinski definition) is 1. The molecule has 1 aromatic heterocycles. The number of nitrogens with zero attached hydrogens (tertiary/aromatic N) is 4. The van der Waals surface area contributed by atoms with Crippen molar-refractivity contribution in [2.75, 3.05) is 37.9 Å². The van der Waals surface area contributed by atoms with Crippen LogP contribution < -0.4 is 9.64 Å². The number of carbonyl (C=O) groups excluding carboxylic acids is 1. The van der Waals surface area contributed by atoms with Crippen molar-refractivity contribution in [3.63, 3.8) is 0 Å². The van der Waals surface area contributed by atoms with Crippen LogP contribution in [0, 0.1) is 5.82 Å². The molecule has 2 aliphatic heterocycles. The Labute approximate surface area is 250 Å². The Kier molecular flexibility index (Phi) is 7.53. The summed E-state index contributed by atoms with van der Waals surface area (Å²) < 4.78 is 29.2. The number of halogens is 3. The lowest BCUT2D eigenvalue weighted by Crippen LogP contribution is -2.38. The third-order valence-electron chi connectivity index (χ3n) is 7.37. The summed E-state index contributed by atoms with van der Waals surface area (Å²) >= 11 is 13.1. The molecule has 0 saturated carbocycles. The predicted octanol–water partition coefficient (Wildman–Crippen LogP) is 5.73. The summed E-state index contributed by atoms with van der Waals surface area (Å²) in [6.07, 6.45) is 3.50. The number of para-hydroxylation sites is 1. The molecule has 3 aromatic carbocycles. The molecule has 216 valence electrons. The molecule has 1 saturated heterocycles. The van der Waals surface area contributed by atoms with Gasteiger partial charge in [0, 0.05) is 48.6 Å². The molecule has 2 aliphatic rings. The van der Waals surface area contributed by atoms with E-state index in [1.165, 1.54) is 17.0 Å². The second-order valence-corrected chi connectivity index (χ2v) is 10.8. The summed E-state index contributed by atoms with van der Waals surface area (Å²) in [5.41, 5.74) is 2.91. The fraction of sp³-hybridized carbons (Fsp3) is 0.233. The fourth-order valence-electron chi connectivity index (χ4n) is 5.33. The van der Waals surface area contributed by atoms with E-state index in [9.17, 15) is 14.7 Å². The number of aromatic carboxylic acids is 1. The van der Waals surface area contributed by atoms with Crippen molar-refractivity contribution in [1.29, 1.82) is 0 Å². The molecule has 1 amide bonds. The first-order chi connectivity index (χ1) is 20.2. The van der Waals surface area contributed by atoms with Crippen LogP contribution in [0.4, 0.5) is 10.1 Å². The zero-order valence-electron chi connectivity index (χ0n) is 22.4. The molecule has 0 atom stereocenters. The van der Waals surface area contributed by atoms with Gasteiger partial charge >= 0.3 is 5.97 Å². The van der Waals surface area contributed by atoms with Crippen molar-refractivity contribution < 1.29 is 28.6 Å². The monoisotopic (exact) mass is 610 g/mol. The summed E-state index contributed by atoms with van der Waals surface area (Å²) in [6, 6.07) is 11.4. The Morgan fingerprint density at radius 3 is 2.43 bits per heavy atom. The number of aromatic nitrogens is 2. The van der Waals surface area contributed by atoms with E-state index in [0.29, 0.717) is 43.2 Å². The van der Waals surface area contributed by atoms with Crippen molar-refractivity contribution in [1.82, 2.24) is 14.7 Å². The fourth-order valence-corrected chi connectivity index (χ4v) is 5.98. The van der Waals surface area contributed by atoms with Gasteiger partial charge in [0.05, 0.1) is 52.8 Å². The number of anilines is 1. The van der Waals surface area contributed by atoms with E-state index in [1.807, 2.05) is 6.20 Å². The lowest BCUT2D eigenvalue weighted by molar-refractivity contribution is 0.0516. The maximum absolute atomic E-state index is 16.1. The van der Waals surface area contributed by atoms with E-state index in [-0.39, 0.29) is 45.7 Å². The number of ether oxygens (including phenoxy) is 2. The van der Waals surface area contributed by atoms with Crippen molar-refractivity contribution >= 4 is 40.8 Å². The van der Waals surface area contributed by atoms with Crippen LogP contribution in [0.25, 0.3) is 22.3 Å². The number of rotatable bonds is 5. The van der Waals surface area contributed by atoms with Gasteiger partial charge in [-0.25, -0.2) is 9.18 Å². The van der Waals surface area contributed by atoms with Crippen molar-refractivity contribution in [2.45, 2.75) is 6.54 Å². The number of fused-ring (bicyclic) bond motifs is 1. The van der Waals surface area contributed by atoms with Gasteiger partial charge in [-0.15, -0.1) is 0 Å². The number of carboxylic acid groups (broad SMARTS) is 1. The van der Waals surface area contributed by atoms with Gasteiger partial charge in [-0.05, 0) is 23.8 Å². The van der Waals surface area contributed by atoms with Crippen LogP contribution >= 0.6 is 23.2 Å². The first kappa shape index (κ1) is 28.0. The van der Waals surface area contributed by atoms with E-state index in [1.54, 1.807) is 53.2 Å². The number of morpholine rings is 1. The van der Waals surface area contributed by atoms with E-state index in [2.05, 4.69) is 5.10 Å². The van der Waals surface area contributed by atoms with E-state index in [4.69, 9.17) is 32.7 Å². The van der Waals surface area contributed by atoms with Crippen molar-refractivity contribution in [3.8, 4) is 28.0 Å². The molecule has 4 aromatic rings. The highest BCUT2D eigenvalue weighted by molar-refractivity contribution is 6.40. The molecule has 0 spiro atoms. The zero-order valence-corrected chi connectivity index (χ0v) is 24.0. The lowest BCUT2D eigenvalue weighted by Gasteiger charge is -2.32. The first-order valence-electron chi connectivity index (χ1n) is 13.1. The highest BCUT2D eigenvalue weighted by Crippen LogP contribution is 2.42. The zero-order chi connectivity index (χ0) is 29.5. The highest BCUT2D eigenvalue weighted by Gasteiger charge is 2.30. The molecule has 12 heteroatoms. The molecule has 42 heavy (non-hydrogen) atoms. The summed E-state index contributed by atoms with van der Waals surface area (Å²) in [6.45, 7) is 1.54. The molecular weight excluding hydrogens is 586 g/mol. The van der Waals surface area contributed by atoms with Crippen molar-refractivity contribution in [2.24, 2.45) is 7.05 Å². The highest BCUT2D eigenvalue weighted by atomic mass is 35.5. The molecule has 0 unspecified atom stereocenters. The van der Waals surface area contributed by atoms with Gasteiger partial charge in [-0.1, -0.05) is 47.5 Å². The molecule has 0 radical (unpaired) electrons. The van der Waals surface area contributed by atoms with Crippen LogP contribution in [0.3, 0.4) is 0 Å². The molecule has 0 bridgehead atoms. The van der Waals surface area contributed by atoms with Crippen LogP contribution in [0.1, 0.15) is 26.3 Å². The molecule has 1 fully saturated rings. The van der Waals surface area contributed by atoms with Crippen LogP contribution in [-0.2, 0) is 18.3 Å². The quantitative estimate of drug-likeness (QED) is 0.308. The number of carbonyl (C=O) groups is 2. The second kappa shape index (κ2) is 11.3. The Morgan fingerprint density at radius 2 is 1.76 bits per heavy atom. The maximum atomic E-state index is 16.1. The number of hydrogen-bond acceptors (Lipinski definition) is 6. The minimum absolute atomic E-state index is 0.0209. The summed E-state index contributed by atoms with van der Waals surface area (Å²) in [5.74, 6) is -1.86. The number of carboxylic acids is 1. The van der Waals surface area contributed by atoms with Crippen LogP contribution in [0.15, 0.2) is 54.9 Å². The molecule has 6 rings (SSSR count). The van der Waals surface area contributed by atoms with E-state index in [0.717, 1.165) is 11.1 Å². The largest absolute Gasteiger partial charge is 0.478 e.